The molecule has 0 saturated carbocycles. The van der Waals surface area contributed by atoms with Crippen LogP contribution in [0.2, 0.25) is 0 Å². The van der Waals surface area contributed by atoms with E-state index >= 15 is 0 Å². The molecule has 1 aliphatic heterocycles. The summed E-state index contributed by atoms with van der Waals surface area (Å²) in [5.41, 5.74) is 1.37. The van der Waals surface area contributed by atoms with Crippen molar-refractivity contribution in [3.05, 3.63) is 41.0 Å². The molecule has 6 nitrogen and oxygen atoms in total. The number of fused-ring (bicyclic) bond motifs is 1. The third kappa shape index (κ3) is 2.93. The van der Waals surface area contributed by atoms with Crippen molar-refractivity contribution >= 4 is 10.0 Å². The lowest BCUT2D eigenvalue weighted by Crippen LogP contribution is -2.42. The minimum Gasteiger partial charge on any atom is -0.305 e. The van der Waals surface area contributed by atoms with Crippen molar-refractivity contribution in [3.63, 3.8) is 0 Å². The number of hydrogen-bond acceptors (Lipinski definition) is 4. The van der Waals surface area contributed by atoms with Crippen molar-refractivity contribution in [2.24, 2.45) is 0 Å². The number of hydrogen-bond donors (Lipinski definition) is 0. The fraction of sp³-hybridized carbons (Fsp3) is 0.467. The number of nitrogens with zero attached hydrogens (tertiary/aromatic N) is 4. The average molecular weight is 374 g/mol. The first-order valence-electron chi connectivity index (χ1n) is 7.63. The zero-order valence-corrected chi connectivity index (χ0v) is 14.7. The van der Waals surface area contributed by atoms with Gasteiger partial charge in [0, 0.05) is 13.1 Å². The highest BCUT2D eigenvalue weighted by Gasteiger charge is 2.43. The van der Waals surface area contributed by atoms with Crippen molar-refractivity contribution in [1.29, 1.82) is 0 Å². The van der Waals surface area contributed by atoms with Crippen LogP contribution < -0.4 is 0 Å². The largest absolute Gasteiger partial charge is 0.451 e. The SMILES string of the molecule is Cc1ccc(C)c(S(=O)(=O)N2CCn3c(nnc3C(F)(F)F)C2C)c1. The standard InChI is InChI=1S/C15H17F3N4O2S/c1-9-4-5-10(2)12(8-9)25(23,24)22-7-6-21-13(11(22)3)19-20-14(21)15(16,17)18/h4-5,8,11H,6-7H2,1-3H3. The molecule has 1 aromatic carbocycles. The van der Waals surface area contributed by atoms with E-state index in [0.717, 1.165) is 10.1 Å². The number of aryl methyl sites for hydroxylation is 2. The number of halogens is 3. The molecule has 0 aliphatic carbocycles. The van der Waals surface area contributed by atoms with E-state index in [1.54, 1.807) is 32.0 Å². The molecule has 0 saturated heterocycles. The zero-order valence-electron chi connectivity index (χ0n) is 13.9. The number of aromatic nitrogens is 3. The summed E-state index contributed by atoms with van der Waals surface area (Å²) in [6.45, 7) is 4.76. The highest BCUT2D eigenvalue weighted by atomic mass is 32.2. The Balaban J connectivity index is 2.03. The maximum Gasteiger partial charge on any atom is 0.451 e. The molecule has 0 spiro atoms. The van der Waals surface area contributed by atoms with Crippen molar-refractivity contribution in [2.45, 2.75) is 44.4 Å². The van der Waals surface area contributed by atoms with Crippen LogP contribution in [0.3, 0.4) is 0 Å². The monoisotopic (exact) mass is 374 g/mol. The summed E-state index contributed by atoms with van der Waals surface area (Å²) < 4.78 is 67.1. The van der Waals surface area contributed by atoms with E-state index in [4.69, 9.17) is 0 Å². The highest BCUT2D eigenvalue weighted by Crippen LogP contribution is 2.35. The van der Waals surface area contributed by atoms with Crippen LogP contribution in [0.15, 0.2) is 23.1 Å². The second-order valence-electron chi connectivity index (χ2n) is 6.09. The summed E-state index contributed by atoms with van der Waals surface area (Å²) in [4.78, 5) is 0.156. The van der Waals surface area contributed by atoms with Gasteiger partial charge in [0.25, 0.3) is 0 Å². The van der Waals surface area contributed by atoms with Gasteiger partial charge in [-0.25, -0.2) is 8.42 Å². The first-order valence-corrected chi connectivity index (χ1v) is 9.07. The molecule has 1 aliphatic rings. The topological polar surface area (TPSA) is 68.1 Å². The van der Waals surface area contributed by atoms with Crippen molar-refractivity contribution in [3.8, 4) is 0 Å². The molecule has 1 unspecified atom stereocenters. The molecule has 25 heavy (non-hydrogen) atoms. The van der Waals surface area contributed by atoms with E-state index < -0.39 is 28.1 Å². The van der Waals surface area contributed by atoms with Gasteiger partial charge in [0.2, 0.25) is 15.8 Å². The van der Waals surface area contributed by atoms with E-state index in [9.17, 15) is 21.6 Å². The molecule has 0 bridgehead atoms. The molecule has 1 aromatic heterocycles. The Labute approximate surface area is 143 Å². The van der Waals surface area contributed by atoms with Gasteiger partial charge >= 0.3 is 6.18 Å². The van der Waals surface area contributed by atoms with Gasteiger partial charge < -0.3 is 4.57 Å². The van der Waals surface area contributed by atoms with E-state index in [2.05, 4.69) is 10.2 Å². The second-order valence-corrected chi connectivity index (χ2v) is 7.95. The Bertz CT molecular complexity index is 921. The Morgan fingerprint density at radius 2 is 1.84 bits per heavy atom. The molecule has 3 rings (SSSR count). The van der Waals surface area contributed by atoms with Gasteiger partial charge in [0.1, 0.15) is 0 Å². The maximum absolute atomic E-state index is 13.0. The van der Waals surface area contributed by atoms with E-state index in [0.29, 0.717) is 5.56 Å². The van der Waals surface area contributed by atoms with Gasteiger partial charge in [-0.15, -0.1) is 10.2 Å². The second kappa shape index (κ2) is 5.80. The van der Waals surface area contributed by atoms with Crippen LogP contribution >= 0.6 is 0 Å². The molecule has 0 radical (unpaired) electrons. The molecule has 1 atom stereocenters. The maximum atomic E-state index is 13.0. The summed E-state index contributed by atoms with van der Waals surface area (Å²) in [6.07, 6.45) is -4.63. The summed E-state index contributed by atoms with van der Waals surface area (Å²) >= 11 is 0. The number of benzene rings is 1. The lowest BCUT2D eigenvalue weighted by molar-refractivity contribution is -0.147. The first kappa shape index (κ1) is 17.9. The third-order valence-electron chi connectivity index (χ3n) is 4.31. The van der Waals surface area contributed by atoms with Crippen LogP contribution in [0, 0.1) is 13.8 Å². The molecule has 0 N–H and O–H groups in total. The third-order valence-corrected chi connectivity index (χ3v) is 6.42. The molecule has 2 heterocycles. The Morgan fingerprint density at radius 3 is 2.48 bits per heavy atom. The van der Waals surface area contributed by atoms with Gasteiger partial charge in [-0.3, -0.25) is 0 Å². The Kier molecular flexibility index (Phi) is 4.15. The van der Waals surface area contributed by atoms with Crippen molar-refractivity contribution < 1.29 is 21.6 Å². The molecular weight excluding hydrogens is 357 g/mol. The van der Waals surface area contributed by atoms with Gasteiger partial charge in [0.05, 0.1) is 10.9 Å². The van der Waals surface area contributed by atoms with Crippen molar-refractivity contribution in [1.82, 2.24) is 19.1 Å². The smallest absolute Gasteiger partial charge is 0.305 e. The highest BCUT2D eigenvalue weighted by molar-refractivity contribution is 7.89. The van der Waals surface area contributed by atoms with Crippen LogP contribution in [0.4, 0.5) is 13.2 Å². The Morgan fingerprint density at radius 1 is 1.16 bits per heavy atom. The predicted octanol–water partition coefficient (Wildman–Crippen LogP) is 2.68. The van der Waals surface area contributed by atoms with Crippen molar-refractivity contribution in [2.75, 3.05) is 6.54 Å². The number of rotatable bonds is 2. The van der Waals surface area contributed by atoms with E-state index in [1.165, 1.54) is 11.2 Å². The van der Waals surface area contributed by atoms with Gasteiger partial charge in [-0.2, -0.15) is 17.5 Å². The number of alkyl halides is 3. The summed E-state index contributed by atoms with van der Waals surface area (Å²) in [5.74, 6) is -1.11. The summed E-state index contributed by atoms with van der Waals surface area (Å²) in [5, 5.41) is 6.80. The molecule has 10 heteroatoms. The molecule has 2 aromatic rings. The van der Waals surface area contributed by atoms with Gasteiger partial charge in [0.15, 0.2) is 5.82 Å². The van der Waals surface area contributed by atoms with E-state index in [1.807, 2.05) is 0 Å². The quantitative estimate of drug-likeness (QED) is 0.811. The van der Waals surface area contributed by atoms with Crippen LogP contribution in [-0.4, -0.2) is 34.0 Å². The van der Waals surface area contributed by atoms with Gasteiger partial charge in [-0.05, 0) is 38.0 Å². The first-order chi connectivity index (χ1) is 11.5. The fourth-order valence-electron chi connectivity index (χ4n) is 3.02. The summed E-state index contributed by atoms with van der Waals surface area (Å²) in [7, 11) is -3.86. The molecular formula is C15H17F3N4O2S. The predicted molar refractivity (Wildman–Crippen MR) is 83.2 cm³/mol. The molecule has 0 fully saturated rings. The average Bonchev–Trinajstić information content (AvgIpc) is 2.94. The van der Waals surface area contributed by atoms with Crippen LogP contribution in [0.5, 0.6) is 0 Å². The summed E-state index contributed by atoms with van der Waals surface area (Å²) in [6, 6.07) is 4.24. The lowest BCUT2D eigenvalue weighted by Gasteiger charge is -2.33. The molecule has 0 amide bonds. The van der Waals surface area contributed by atoms with Gasteiger partial charge in [-0.1, -0.05) is 12.1 Å². The fourth-order valence-corrected chi connectivity index (χ4v) is 4.91. The Hall–Kier alpha value is -1.94. The number of sulfonamides is 1. The zero-order chi connectivity index (χ0) is 18.6. The minimum atomic E-state index is -4.63. The van der Waals surface area contributed by atoms with Crippen LogP contribution in [0.1, 0.15) is 35.7 Å². The lowest BCUT2D eigenvalue weighted by atomic mass is 10.2. The van der Waals surface area contributed by atoms with Crippen LogP contribution in [0.25, 0.3) is 0 Å². The molecule has 136 valence electrons. The van der Waals surface area contributed by atoms with E-state index in [-0.39, 0.29) is 23.8 Å². The minimum absolute atomic E-state index is 0.00699. The normalized spacial score (nSPS) is 19.0. The van der Waals surface area contributed by atoms with Crippen LogP contribution in [-0.2, 0) is 22.7 Å².